The Balaban J connectivity index is 2.41. The molecule has 96 valence electrons. The fourth-order valence-electron chi connectivity index (χ4n) is 2.01. The Labute approximate surface area is 129 Å². The fourth-order valence-corrected chi connectivity index (χ4v) is 4.01. The number of hydrogen-bond donors (Lipinski definition) is 1. The molecule has 0 spiro atoms. The van der Waals surface area contributed by atoms with E-state index in [-0.39, 0.29) is 6.04 Å². The average Bonchev–Trinajstić information content (AvgIpc) is 2.73. The summed E-state index contributed by atoms with van der Waals surface area (Å²) in [5, 5.41) is 3.56. The van der Waals surface area contributed by atoms with Crippen molar-refractivity contribution in [3.63, 3.8) is 0 Å². The molecule has 0 saturated carbocycles. The van der Waals surface area contributed by atoms with Crippen LogP contribution in [0, 0.1) is 6.92 Å². The van der Waals surface area contributed by atoms with Crippen molar-refractivity contribution in [2.75, 3.05) is 6.54 Å². The van der Waals surface area contributed by atoms with Crippen molar-refractivity contribution in [2.45, 2.75) is 19.9 Å². The van der Waals surface area contributed by atoms with Crippen LogP contribution in [0.2, 0.25) is 0 Å². The van der Waals surface area contributed by atoms with E-state index >= 15 is 0 Å². The van der Waals surface area contributed by atoms with Crippen molar-refractivity contribution in [1.29, 1.82) is 0 Å². The number of rotatable bonds is 4. The number of halogens is 2. The van der Waals surface area contributed by atoms with Crippen LogP contribution in [0.1, 0.15) is 29.0 Å². The maximum atomic E-state index is 3.56. The first-order valence-electron chi connectivity index (χ1n) is 5.86. The Hall–Kier alpha value is -0.160. The topological polar surface area (TPSA) is 12.0 Å². The molecule has 0 aliphatic carbocycles. The molecule has 0 fully saturated rings. The largest absolute Gasteiger partial charge is 0.306 e. The second-order valence-corrected chi connectivity index (χ2v) is 7.54. The highest BCUT2D eigenvalue weighted by Crippen LogP contribution is 2.33. The number of nitrogens with one attached hydrogen (secondary N) is 1. The highest BCUT2D eigenvalue weighted by Gasteiger charge is 2.16. The first-order chi connectivity index (χ1) is 8.61. The minimum atomic E-state index is 0.277. The number of hydrogen-bond acceptors (Lipinski definition) is 2. The summed E-state index contributed by atoms with van der Waals surface area (Å²) >= 11 is 8.84. The van der Waals surface area contributed by atoms with Crippen molar-refractivity contribution in [3.05, 3.63) is 54.6 Å². The number of benzene rings is 1. The van der Waals surface area contributed by atoms with Crippen molar-refractivity contribution >= 4 is 43.2 Å². The van der Waals surface area contributed by atoms with Gasteiger partial charge in [-0.3, -0.25) is 0 Å². The van der Waals surface area contributed by atoms with E-state index in [2.05, 4.69) is 81.4 Å². The van der Waals surface area contributed by atoms with E-state index in [0.717, 1.165) is 11.0 Å². The van der Waals surface area contributed by atoms with Gasteiger partial charge in [-0.05, 0) is 64.8 Å². The Bertz CT molecular complexity index is 536. The molecule has 0 aliphatic rings. The van der Waals surface area contributed by atoms with Gasteiger partial charge in [0.05, 0.1) is 9.83 Å². The molecule has 1 atom stereocenters. The maximum absolute atomic E-state index is 3.56. The highest BCUT2D eigenvalue weighted by atomic mass is 79.9. The normalized spacial score (nSPS) is 12.7. The van der Waals surface area contributed by atoms with Gasteiger partial charge in [0.15, 0.2) is 0 Å². The van der Waals surface area contributed by atoms with Crippen LogP contribution in [0.15, 0.2) is 38.6 Å². The molecule has 2 rings (SSSR count). The van der Waals surface area contributed by atoms with Gasteiger partial charge in [-0.1, -0.05) is 28.9 Å². The third-order valence-corrected chi connectivity index (χ3v) is 5.01. The van der Waals surface area contributed by atoms with Crippen LogP contribution in [-0.4, -0.2) is 6.54 Å². The van der Waals surface area contributed by atoms with Gasteiger partial charge in [-0.15, -0.1) is 11.3 Å². The van der Waals surface area contributed by atoms with E-state index in [1.807, 2.05) is 0 Å². The average molecular weight is 389 g/mol. The van der Waals surface area contributed by atoms with E-state index in [1.54, 1.807) is 11.3 Å². The minimum absolute atomic E-state index is 0.277. The Kier molecular flexibility index (Phi) is 5.01. The standard InChI is InChI=1S/C14H15Br2NS/c1-3-17-14(12-6-7-13(16)18-12)11-5-4-10(15)8-9(11)2/h4-8,14,17H,3H2,1-2H3. The SMILES string of the molecule is CCNC(c1ccc(Br)s1)c1ccc(Br)cc1C. The molecule has 0 aliphatic heterocycles. The van der Waals surface area contributed by atoms with Gasteiger partial charge < -0.3 is 5.32 Å². The van der Waals surface area contributed by atoms with E-state index in [0.29, 0.717) is 0 Å². The van der Waals surface area contributed by atoms with E-state index in [9.17, 15) is 0 Å². The first kappa shape index (κ1) is 14.3. The van der Waals surface area contributed by atoms with Gasteiger partial charge in [-0.25, -0.2) is 0 Å². The monoisotopic (exact) mass is 387 g/mol. The quantitative estimate of drug-likeness (QED) is 0.751. The minimum Gasteiger partial charge on any atom is -0.306 e. The molecule has 1 unspecified atom stereocenters. The second kappa shape index (κ2) is 6.33. The Morgan fingerprint density at radius 3 is 2.56 bits per heavy atom. The summed E-state index contributed by atoms with van der Waals surface area (Å²) in [4.78, 5) is 1.34. The fraction of sp³-hybridized carbons (Fsp3) is 0.286. The van der Waals surface area contributed by atoms with Crippen LogP contribution < -0.4 is 5.32 Å². The summed E-state index contributed by atoms with van der Waals surface area (Å²) in [6, 6.07) is 11.0. The Morgan fingerprint density at radius 2 is 2.00 bits per heavy atom. The molecule has 0 radical (unpaired) electrons. The summed E-state index contributed by atoms with van der Waals surface area (Å²) in [6.45, 7) is 5.26. The zero-order valence-electron chi connectivity index (χ0n) is 10.3. The van der Waals surface area contributed by atoms with Gasteiger partial charge in [0.2, 0.25) is 0 Å². The lowest BCUT2D eigenvalue weighted by Gasteiger charge is -2.19. The lowest BCUT2D eigenvalue weighted by molar-refractivity contribution is 0.636. The molecular weight excluding hydrogens is 374 g/mol. The molecule has 1 aromatic carbocycles. The molecule has 1 N–H and O–H groups in total. The van der Waals surface area contributed by atoms with Crippen molar-refractivity contribution in [3.8, 4) is 0 Å². The third-order valence-electron chi connectivity index (χ3n) is 2.83. The summed E-state index contributed by atoms with van der Waals surface area (Å²) in [5.41, 5.74) is 2.65. The van der Waals surface area contributed by atoms with Crippen LogP contribution in [0.25, 0.3) is 0 Å². The lowest BCUT2D eigenvalue weighted by atomic mass is 10.00. The van der Waals surface area contributed by atoms with Gasteiger partial charge in [-0.2, -0.15) is 0 Å². The maximum Gasteiger partial charge on any atom is 0.0702 e. The third kappa shape index (κ3) is 3.23. The molecule has 18 heavy (non-hydrogen) atoms. The first-order valence-corrected chi connectivity index (χ1v) is 8.26. The van der Waals surface area contributed by atoms with Crippen molar-refractivity contribution in [1.82, 2.24) is 5.32 Å². The summed E-state index contributed by atoms with van der Waals surface area (Å²) in [6.07, 6.45) is 0. The highest BCUT2D eigenvalue weighted by molar-refractivity contribution is 9.11. The van der Waals surface area contributed by atoms with Crippen LogP contribution in [-0.2, 0) is 0 Å². The number of thiophene rings is 1. The van der Waals surface area contributed by atoms with Gasteiger partial charge in [0.25, 0.3) is 0 Å². The van der Waals surface area contributed by atoms with Crippen molar-refractivity contribution in [2.24, 2.45) is 0 Å². The summed E-state index contributed by atoms with van der Waals surface area (Å²) in [5.74, 6) is 0. The van der Waals surface area contributed by atoms with Crippen molar-refractivity contribution < 1.29 is 0 Å². The Morgan fingerprint density at radius 1 is 1.22 bits per heavy atom. The second-order valence-electron chi connectivity index (χ2n) is 4.13. The smallest absolute Gasteiger partial charge is 0.0702 e. The molecular formula is C14H15Br2NS. The van der Waals surface area contributed by atoms with Crippen LogP contribution >= 0.6 is 43.2 Å². The van der Waals surface area contributed by atoms with Gasteiger partial charge in [0, 0.05) is 9.35 Å². The van der Waals surface area contributed by atoms with E-state index in [4.69, 9.17) is 0 Å². The van der Waals surface area contributed by atoms with Gasteiger partial charge >= 0.3 is 0 Å². The molecule has 4 heteroatoms. The molecule has 0 amide bonds. The zero-order chi connectivity index (χ0) is 13.1. The molecule has 0 bridgehead atoms. The zero-order valence-corrected chi connectivity index (χ0v) is 14.3. The van der Waals surface area contributed by atoms with Gasteiger partial charge in [0.1, 0.15) is 0 Å². The predicted octanol–water partition coefficient (Wildman–Crippen LogP) is 5.28. The van der Waals surface area contributed by atoms with E-state index < -0.39 is 0 Å². The molecule has 1 heterocycles. The predicted molar refractivity (Wildman–Crippen MR) is 86.4 cm³/mol. The summed E-state index contributed by atoms with van der Waals surface area (Å²) < 4.78 is 2.31. The molecule has 1 aromatic heterocycles. The van der Waals surface area contributed by atoms with Crippen LogP contribution in [0.4, 0.5) is 0 Å². The lowest BCUT2D eigenvalue weighted by Crippen LogP contribution is -2.21. The van der Waals surface area contributed by atoms with Crippen LogP contribution in [0.3, 0.4) is 0 Å². The number of aryl methyl sites for hydroxylation is 1. The molecule has 0 saturated heterocycles. The molecule has 2 aromatic rings. The van der Waals surface area contributed by atoms with Crippen LogP contribution in [0.5, 0.6) is 0 Å². The summed E-state index contributed by atoms with van der Waals surface area (Å²) in [7, 11) is 0. The molecule has 1 nitrogen and oxygen atoms in total. The van der Waals surface area contributed by atoms with E-state index in [1.165, 1.54) is 19.8 Å².